The molecule has 1 aliphatic rings. The predicted molar refractivity (Wildman–Crippen MR) is 82.6 cm³/mol. The van der Waals surface area contributed by atoms with Crippen molar-refractivity contribution in [3.05, 3.63) is 21.8 Å². The van der Waals surface area contributed by atoms with Gasteiger partial charge in [0.15, 0.2) is 5.82 Å². The summed E-state index contributed by atoms with van der Waals surface area (Å²) in [6, 6.07) is 0. The summed E-state index contributed by atoms with van der Waals surface area (Å²) < 4.78 is 2.93. The third-order valence-corrected chi connectivity index (χ3v) is 4.80. The van der Waals surface area contributed by atoms with Crippen molar-refractivity contribution in [1.29, 1.82) is 0 Å². The van der Waals surface area contributed by atoms with Crippen molar-refractivity contribution in [3.63, 3.8) is 0 Å². The molecule has 0 aromatic carbocycles. The molecular formula is C13H16IN5. The van der Waals surface area contributed by atoms with Crippen LogP contribution in [0.3, 0.4) is 0 Å². The third kappa shape index (κ3) is 2.33. The van der Waals surface area contributed by atoms with E-state index >= 15 is 0 Å². The first kappa shape index (κ1) is 12.8. The van der Waals surface area contributed by atoms with Crippen LogP contribution in [-0.2, 0) is 7.05 Å². The first-order valence-corrected chi connectivity index (χ1v) is 7.54. The molecule has 2 aromatic rings. The number of nitrogen functional groups attached to an aromatic ring is 1. The molecule has 100 valence electrons. The van der Waals surface area contributed by atoms with Crippen molar-refractivity contribution in [1.82, 2.24) is 19.5 Å². The Bertz CT molecular complexity index is 601. The molecule has 3 rings (SSSR count). The predicted octanol–water partition coefficient (Wildman–Crippen LogP) is 2.72. The molecule has 1 saturated carbocycles. The molecule has 0 bridgehead atoms. The fraction of sp³-hybridized carbons (Fsp3) is 0.462. The van der Waals surface area contributed by atoms with Gasteiger partial charge in [-0.2, -0.15) is 0 Å². The molecule has 1 fully saturated rings. The number of aromatic nitrogens is 4. The summed E-state index contributed by atoms with van der Waals surface area (Å²) in [5, 5.41) is 0. The van der Waals surface area contributed by atoms with Crippen LogP contribution in [0.5, 0.6) is 0 Å². The van der Waals surface area contributed by atoms with E-state index in [2.05, 4.69) is 32.6 Å². The van der Waals surface area contributed by atoms with Crippen LogP contribution in [0.15, 0.2) is 12.5 Å². The number of rotatable bonds is 2. The molecule has 2 heterocycles. The second-order valence-corrected chi connectivity index (χ2v) is 6.08. The highest BCUT2D eigenvalue weighted by atomic mass is 127. The number of halogens is 1. The second kappa shape index (κ2) is 5.07. The summed E-state index contributed by atoms with van der Waals surface area (Å²) in [6.45, 7) is 0. The minimum Gasteiger partial charge on any atom is -0.383 e. The lowest BCUT2D eigenvalue weighted by molar-refractivity contribution is 0.690. The van der Waals surface area contributed by atoms with Gasteiger partial charge in [-0.3, -0.25) is 0 Å². The molecule has 0 radical (unpaired) electrons. The molecule has 0 saturated heterocycles. The molecule has 0 atom stereocenters. The minimum absolute atomic E-state index is 0.532. The Morgan fingerprint density at radius 1 is 1.32 bits per heavy atom. The first-order valence-electron chi connectivity index (χ1n) is 6.46. The van der Waals surface area contributed by atoms with Crippen LogP contribution in [0.25, 0.3) is 11.5 Å². The van der Waals surface area contributed by atoms with E-state index in [-0.39, 0.29) is 0 Å². The van der Waals surface area contributed by atoms with Crippen LogP contribution in [-0.4, -0.2) is 19.5 Å². The maximum absolute atomic E-state index is 6.06. The SMILES string of the molecule is Cn1cncc1-c1nc(N)c(I)c(C2CCCC2)n1. The Morgan fingerprint density at radius 3 is 2.68 bits per heavy atom. The highest BCUT2D eigenvalue weighted by molar-refractivity contribution is 14.1. The largest absolute Gasteiger partial charge is 0.383 e. The fourth-order valence-corrected chi connectivity index (χ4v) is 3.32. The topological polar surface area (TPSA) is 69.6 Å². The third-order valence-electron chi connectivity index (χ3n) is 3.69. The van der Waals surface area contributed by atoms with Crippen LogP contribution in [0.4, 0.5) is 5.82 Å². The Balaban J connectivity index is 2.10. The molecule has 0 spiro atoms. The van der Waals surface area contributed by atoms with E-state index in [9.17, 15) is 0 Å². The summed E-state index contributed by atoms with van der Waals surface area (Å²) in [5.74, 6) is 1.79. The van der Waals surface area contributed by atoms with E-state index in [0.29, 0.717) is 17.6 Å². The van der Waals surface area contributed by atoms with Crippen LogP contribution in [0.2, 0.25) is 0 Å². The number of imidazole rings is 1. The molecule has 2 aromatic heterocycles. The Morgan fingerprint density at radius 2 is 2.05 bits per heavy atom. The van der Waals surface area contributed by atoms with Gasteiger partial charge in [0.1, 0.15) is 11.5 Å². The first-order chi connectivity index (χ1) is 9.16. The van der Waals surface area contributed by atoms with E-state index in [1.807, 2.05) is 11.6 Å². The van der Waals surface area contributed by atoms with Crippen LogP contribution in [0.1, 0.15) is 37.3 Å². The van der Waals surface area contributed by atoms with Gasteiger partial charge in [0.2, 0.25) is 0 Å². The molecule has 0 amide bonds. The highest BCUT2D eigenvalue weighted by Gasteiger charge is 2.23. The van der Waals surface area contributed by atoms with E-state index in [4.69, 9.17) is 10.7 Å². The Hall–Kier alpha value is -1.18. The number of hydrogen-bond donors (Lipinski definition) is 1. The number of nitrogens with two attached hydrogens (primary N) is 1. The lowest BCUT2D eigenvalue weighted by Crippen LogP contribution is -2.09. The zero-order valence-corrected chi connectivity index (χ0v) is 13.0. The normalized spacial score (nSPS) is 16.1. The van der Waals surface area contributed by atoms with Gasteiger partial charge in [0, 0.05) is 13.0 Å². The molecule has 2 N–H and O–H groups in total. The molecule has 1 aliphatic carbocycles. The average molecular weight is 369 g/mol. The standard InChI is InChI=1S/C13H16IN5/c1-19-7-16-6-9(19)13-17-11(8-4-2-3-5-8)10(14)12(15)18-13/h6-8H,2-5H2,1H3,(H2,15,17,18). The summed E-state index contributed by atoms with van der Waals surface area (Å²) in [4.78, 5) is 13.3. The Labute approximate surface area is 125 Å². The van der Waals surface area contributed by atoms with E-state index in [1.54, 1.807) is 12.5 Å². The number of nitrogens with zero attached hydrogens (tertiary/aromatic N) is 4. The maximum atomic E-state index is 6.06. The zero-order valence-electron chi connectivity index (χ0n) is 10.8. The van der Waals surface area contributed by atoms with Gasteiger partial charge in [-0.05, 0) is 35.4 Å². The van der Waals surface area contributed by atoms with Gasteiger partial charge in [-0.25, -0.2) is 15.0 Å². The van der Waals surface area contributed by atoms with Crippen LogP contribution < -0.4 is 5.73 Å². The lowest BCUT2D eigenvalue weighted by atomic mass is 10.0. The zero-order chi connectivity index (χ0) is 13.4. The molecule has 6 heteroatoms. The molecule has 0 aliphatic heterocycles. The smallest absolute Gasteiger partial charge is 0.180 e. The van der Waals surface area contributed by atoms with Crippen molar-refractivity contribution in [3.8, 4) is 11.5 Å². The van der Waals surface area contributed by atoms with E-state index < -0.39 is 0 Å². The van der Waals surface area contributed by atoms with E-state index in [1.165, 1.54) is 25.7 Å². The van der Waals surface area contributed by atoms with Crippen LogP contribution >= 0.6 is 22.6 Å². The molecule has 5 nitrogen and oxygen atoms in total. The average Bonchev–Trinajstić information content (AvgIpc) is 3.03. The van der Waals surface area contributed by atoms with E-state index in [0.717, 1.165) is 15.0 Å². The quantitative estimate of drug-likeness (QED) is 0.827. The van der Waals surface area contributed by atoms with Crippen molar-refractivity contribution >= 4 is 28.4 Å². The van der Waals surface area contributed by atoms with Gasteiger partial charge < -0.3 is 10.3 Å². The van der Waals surface area contributed by atoms with Gasteiger partial charge in [0.05, 0.1) is 21.8 Å². The van der Waals surface area contributed by atoms with Gasteiger partial charge in [-0.1, -0.05) is 12.8 Å². The van der Waals surface area contributed by atoms with Crippen molar-refractivity contribution in [2.24, 2.45) is 7.05 Å². The van der Waals surface area contributed by atoms with Crippen molar-refractivity contribution in [2.75, 3.05) is 5.73 Å². The Kier molecular flexibility index (Phi) is 3.42. The maximum Gasteiger partial charge on any atom is 0.180 e. The lowest BCUT2D eigenvalue weighted by Gasteiger charge is -2.14. The number of hydrogen-bond acceptors (Lipinski definition) is 4. The summed E-state index contributed by atoms with van der Waals surface area (Å²) in [6.07, 6.45) is 8.51. The molecule has 19 heavy (non-hydrogen) atoms. The van der Waals surface area contributed by atoms with Gasteiger partial charge in [0.25, 0.3) is 0 Å². The van der Waals surface area contributed by atoms with Crippen molar-refractivity contribution in [2.45, 2.75) is 31.6 Å². The fourth-order valence-electron chi connectivity index (χ4n) is 2.64. The van der Waals surface area contributed by atoms with Gasteiger partial charge in [-0.15, -0.1) is 0 Å². The van der Waals surface area contributed by atoms with Crippen molar-refractivity contribution < 1.29 is 0 Å². The van der Waals surface area contributed by atoms with Crippen LogP contribution in [0, 0.1) is 3.57 Å². The molecule has 0 unspecified atom stereocenters. The number of aryl methyl sites for hydroxylation is 1. The number of anilines is 1. The molecular weight excluding hydrogens is 353 g/mol. The monoisotopic (exact) mass is 369 g/mol. The summed E-state index contributed by atoms with van der Waals surface area (Å²) in [5.41, 5.74) is 8.07. The second-order valence-electron chi connectivity index (χ2n) is 5.00. The van der Waals surface area contributed by atoms with Gasteiger partial charge >= 0.3 is 0 Å². The highest BCUT2D eigenvalue weighted by Crippen LogP contribution is 2.37. The summed E-state index contributed by atoms with van der Waals surface area (Å²) in [7, 11) is 1.94. The summed E-state index contributed by atoms with van der Waals surface area (Å²) >= 11 is 2.27. The minimum atomic E-state index is 0.532.